The molecule has 0 bridgehead atoms. The lowest BCUT2D eigenvalue weighted by atomic mass is 10.0. The zero-order valence-corrected chi connectivity index (χ0v) is 21.3. The molecule has 1 amide bonds. The lowest BCUT2D eigenvalue weighted by molar-refractivity contribution is -0.0456. The fourth-order valence-corrected chi connectivity index (χ4v) is 3.65. The van der Waals surface area contributed by atoms with Crippen LogP contribution in [0.15, 0.2) is 66.7 Å². The third-order valence-corrected chi connectivity index (χ3v) is 5.97. The third kappa shape index (κ3) is 7.55. The van der Waals surface area contributed by atoms with Crippen LogP contribution < -0.4 is 15.4 Å². The van der Waals surface area contributed by atoms with E-state index in [-0.39, 0.29) is 24.0 Å². The largest absolute Gasteiger partial charge is 0.508 e. The zero-order valence-electron chi connectivity index (χ0n) is 20.5. The van der Waals surface area contributed by atoms with E-state index in [1.165, 1.54) is 24.3 Å². The lowest BCUT2D eigenvalue weighted by Gasteiger charge is -2.32. The highest BCUT2D eigenvalue weighted by atomic mass is 35.5. The molecule has 0 fully saturated rings. The summed E-state index contributed by atoms with van der Waals surface area (Å²) in [7, 11) is 0. The highest BCUT2D eigenvalue weighted by molar-refractivity contribution is 6.30. The molecule has 0 saturated carbocycles. The van der Waals surface area contributed by atoms with Crippen molar-refractivity contribution in [3.63, 3.8) is 0 Å². The van der Waals surface area contributed by atoms with Crippen molar-refractivity contribution in [2.24, 2.45) is 0 Å². The molecule has 4 N–H and O–H groups in total. The molecule has 1 atom stereocenters. The SMILES string of the molecule is Cc1cc(CCNC(=O)c2ccc(Cl)cc2)ccc1OC(C)(C)C(O)NCC(=O)c1ccc(O)cc1. The molecular weight excluding hydrogens is 480 g/mol. The predicted molar refractivity (Wildman–Crippen MR) is 140 cm³/mol. The van der Waals surface area contributed by atoms with Crippen molar-refractivity contribution in [3.05, 3.63) is 94.0 Å². The van der Waals surface area contributed by atoms with Crippen molar-refractivity contribution in [2.75, 3.05) is 13.1 Å². The van der Waals surface area contributed by atoms with Gasteiger partial charge in [0.2, 0.25) is 0 Å². The number of aromatic hydroxyl groups is 1. The van der Waals surface area contributed by atoms with E-state index in [0.717, 1.165) is 11.1 Å². The van der Waals surface area contributed by atoms with E-state index in [1.807, 2.05) is 25.1 Å². The van der Waals surface area contributed by atoms with E-state index in [0.29, 0.717) is 34.9 Å². The maximum atomic E-state index is 12.3. The van der Waals surface area contributed by atoms with Gasteiger partial charge in [0.05, 0.1) is 6.54 Å². The van der Waals surface area contributed by atoms with Gasteiger partial charge in [0, 0.05) is 22.7 Å². The van der Waals surface area contributed by atoms with Crippen molar-refractivity contribution in [1.82, 2.24) is 10.6 Å². The first-order valence-corrected chi connectivity index (χ1v) is 12.0. The summed E-state index contributed by atoms with van der Waals surface area (Å²) < 4.78 is 6.08. The highest BCUT2D eigenvalue weighted by Gasteiger charge is 2.31. The smallest absolute Gasteiger partial charge is 0.251 e. The number of phenols is 1. The van der Waals surface area contributed by atoms with E-state index in [1.54, 1.807) is 38.1 Å². The normalized spacial score (nSPS) is 12.1. The number of carbonyl (C=O) groups is 2. The Kier molecular flexibility index (Phi) is 9.09. The monoisotopic (exact) mass is 510 g/mol. The predicted octanol–water partition coefficient (Wildman–Crippen LogP) is 4.27. The van der Waals surface area contributed by atoms with Crippen LogP contribution in [-0.4, -0.2) is 46.8 Å². The Morgan fingerprint density at radius 1 is 1.00 bits per heavy atom. The number of Topliss-reactive ketones (excluding diaryl/α,β-unsaturated/α-hetero) is 1. The Bertz CT molecular complexity index is 1190. The molecule has 3 aromatic rings. The minimum Gasteiger partial charge on any atom is -0.508 e. The molecule has 36 heavy (non-hydrogen) atoms. The standard InChI is InChI=1S/C28H31ClN2O5/c1-18-16-19(14-15-30-26(34)21-5-9-22(29)10-6-21)4-13-25(18)36-28(2,3)27(35)31-17-24(33)20-7-11-23(32)12-8-20/h4-13,16,27,31-32,35H,14-15,17H2,1-3H3,(H,30,34). The van der Waals surface area contributed by atoms with Gasteiger partial charge in [-0.05, 0) is 92.9 Å². The van der Waals surface area contributed by atoms with Gasteiger partial charge in [-0.25, -0.2) is 0 Å². The number of phenolic OH excluding ortho intramolecular Hbond substituents is 1. The molecule has 8 heteroatoms. The van der Waals surface area contributed by atoms with Crippen molar-refractivity contribution < 1.29 is 24.5 Å². The topological polar surface area (TPSA) is 108 Å². The molecule has 3 aromatic carbocycles. The number of aliphatic hydroxyl groups excluding tert-OH is 1. The number of ketones is 1. The van der Waals surface area contributed by atoms with Crippen LogP contribution in [0, 0.1) is 6.92 Å². The van der Waals surface area contributed by atoms with E-state index < -0.39 is 11.8 Å². The molecule has 0 aromatic heterocycles. The number of ether oxygens (including phenoxy) is 1. The molecule has 0 radical (unpaired) electrons. The number of aryl methyl sites for hydroxylation is 1. The van der Waals surface area contributed by atoms with E-state index in [2.05, 4.69) is 10.6 Å². The summed E-state index contributed by atoms with van der Waals surface area (Å²) in [6, 6.07) is 18.4. The second-order valence-electron chi connectivity index (χ2n) is 9.07. The van der Waals surface area contributed by atoms with Gasteiger partial charge < -0.3 is 20.3 Å². The second-order valence-corrected chi connectivity index (χ2v) is 9.51. The zero-order chi connectivity index (χ0) is 26.3. The average molecular weight is 511 g/mol. The molecule has 0 aliphatic carbocycles. The number of amides is 1. The van der Waals surface area contributed by atoms with E-state index >= 15 is 0 Å². The highest BCUT2D eigenvalue weighted by Crippen LogP contribution is 2.25. The Hall–Kier alpha value is -3.39. The van der Waals surface area contributed by atoms with Crippen LogP contribution in [0.2, 0.25) is 5.02 Å². The minimum atomic E-state index is -1.11. The van der Waals surface area contributed by atoms with Gasteiger partial charge in [-0.15, -0.1) is 0 Å². The van der Waals surface area contributed by atoms with Crippen LogP contribution in [0.5, 0.6) is 11.5 Å². The maximum absolute atomic E-state index is 12.3. The van der Waals surface area contributed by atoms with Gasteiger partial charge in [0.15, 0.2) is 5.78 Å². The number of hydrogen-bond donors (Lipinski definition) is 4. The lowest BCUT2D eigenvalue weighted by Crippen LogP contribution is -2.51. The van der Waals surface area contributed by atoms with Crippen LogP contribution in [0.4, 0.5) is 0 Å². The number of rotatable bonds is 11. The molecule has 190 valence electrons. The Morgan fingerprint density at radius 3 is 2.28 bits per heavy atom. The molecule has 0 aliphatic rings. The van der Waals surface area contributed by atoms with Gasteiger partial charge >= 0.3 is 0 Å². The quantitative estimate of drug-likeness (QED) is 0.226. The minimum absolute atomic E-state index is 0.0816. The van der Waals surface area contributed by atoms with Gasteiger partial charge in [-0.3, -0.25) is 14.9 Å². The van der Waals surface area contributed by atoms with Crippen molar-refractivity contribution in [2.45, 2.75) is 39.0 Å². The number of nitrogens with one attached hydrogen (secondary N) is 2. The number of aliphatic hydroxyl groups is 1. The Morgan fingerprint density at radius 2 is 1.64 bits per heavy atom. The summed E-state index contributed by atoms with van der Waals surface area (Å²) in [4.78, 5) is 24.6. The first-order chi connectivity index (χ1) is 17.0. The summed E-state index contributed by atoms with van der Waals surface area (Å²) in [6.45, 7) is 5.77. The fourth-order valence-electron chi connectivity index (χ4n) is 3.53. The van der Waals surface area contributed by atoms with Crippen LogP contribution >= 0.6 is 11.6 Å². The third-order valence-electron chi connectivity index (χ3n) is 5.72. The summed E-state index contributed by atoms with van der Waals surface area (Å²) in [5.74, 6) is 0.321. The number of benzene rings is 3. The summed E-state index contributed by atoms with van der Waals surface area (Å²) in [6.07, 6.45) is -0.464. The molecule has 7 nitrogen and oxygen atoms in total. The average Bonchev–Trinajstić information content (AvgIpc) is 2.84. The van der Waals surface area contributed by atoms with Gasteiger partial charge in [0.1, 0.15) is 23.3 Å². The summed E-state index contributed by atoms with van der Waals surface area (Å²) in [5.41, 5.74) is 1.89. The van der Waals surface area contributed by atoms with Crippen LogP contribution in [-0.2, 0) is 6.42 Å². The van der Waals surface area contributed by atoms with Crippen LogP contribution in [0.1, 0.15) is 45.7 Å². The van der Waals surface area contributed by atoms with Gasteiger partial charge in [-0.2, -0.15) is 0 Å². The maximum Gasteiger partial charge on any atom is 0.251 e. The Labute approximate surface area is 216 Å². The summed E-state index contributed by atoms with van der Waals surface area (Å²) in [5, 5.41) is 26.3. The van der Waals surface area contributed by atoms with E-state index in [4.69, 9.17) is 16.3 Å². The first-order valence-electron chi connectivity index (χ1n) is 11.6. The molecule has 3 rings (SSSR count). The second kappa shape index (κ2) is 12.0. The van der Waals surface area contributed by atoms with Gasteiger partial charge in [0.25, 0.3) is 5.91 Å². The number of carbonyl (C=O) groups excluding carboxylic acids is 2. The van der Waals surface area contributed by atoms with Crippen molar-refractivity contribution >= 4 is 23.3 Å². The molecule has 0 spiro atoms. The van der Waals surface area contributed by atoms with Gasteiger partial charge in [-0.1, -0.05) is 23.7 Å². The van der Waals surface area contributed by atoms with Crippen molar-refractivity contribution in [1.29, 1.82) is 0 Å². The number of hydrogen-bond acceptors (Lipinski definition) is 6. The number of halogens is 1. The fraction of sp³-hybridized carbons (Fsp3) is 0.286. The van der Waals surface area contributed by atoms with Crippen LogP contribution in [0.25, 0.3) is 0 Å². The molecule has 1 unspecified atom stereocenters. The molecule has 0 heterocycles. The summed E-state index contributed by atoms with van der Waals surface area (Å²) >= 11 is 5.86. The molecule has 0 saturated heterocycles. The van der Waals surface area contributed by atoms with Crippen molar-refractivity contribution in [3.8, 4) is 11.5 Å². The molecular formula is C28H31ClN2O5. The Balaban J connectivity index is 1.50. The van der Waals surface area contributed by atoms with E-state index in [9.17, 15) is 19.8 Å². The van der Waals surface area contributed by atoms with Crippen LogP contribution in [0.3, 0.4) is 0 Å². The molecule has 0 aliphatic heterocycles. The first kappa shape index (κ1) is 27.2.